The van der Waals surface area contributed by atoms with Crippen LogP contribution in [-0.4, -0.2) is 43.7 Å². The summed E-state index contributed by atoms with van der Waals surface area (Å²) in [5.74, 6) is 0.776. The van der Waals surface area contributed by atoms with Crippen molar-refractivity contribution in [3.8, 4) is 0 Å². The monoisotopic (exact) mass is 269 g/mol. The molecule has 1 fully saturated rings. The third-order valence-corrected chi connectivity index (χ3v) is 4.20. The van der Waals surface area contributed by atoms with E-state index in [2.05, 4.69) is 48.0 Å². The van der Waals surface area contributed by atoms with Gasteiger partial charge in [0.15, 0.2) is 5.82 Å². The number of nitrogens with zero attached hydrogens (tertiary/aromatic N) is 4. The number of hydrogen-bond donors (Lipinski definition) is 3. The van der Waals surface area contributed by atoms with E-state index in [-0.39, 0.29) is 5.41 Å². The van der Waals surface area contributed by atoms with Crippen molar-refractivity contribution in [2.45, 2.75) is 18.3 Å². The second-order valence-electron chi connectivity index (χ2n) is 5.20. The van der Waals surface area contributed by atoms with Crippen molar-refractivity contribution < 1.29 is 0 Å². The minimum atomic E-state index is -0.169. The Morgan fingerprint density at radius 3 is 2.85 bits per heavy atom. The average Bonchev–Trinajstić information content (AvgIpc) is 3.18. The fourth-order valence-corrected chi connectivity index (χ4v) is 3.09. The minimum Gasteiger partial charge on any atom is -0.345 e. The molecule has 1 aliphatic rings. The Bertz CT molecular complexity index is 709. The lowest BCUT2D eigenvalue weighted by Gasteiger charge is -2.35. The van der Waals surface area contributed by atoms with Crippen molar-refractivity contribution in [3.63, 3.8) is 0 Å². The Balaban J connectivity index is 1.88. The van der Waals surface area contributed by atoms with Gasteiger partial charge in [0.2, 0.25) is 0 Å². The molecular formula is C13H15N7. The van der Waals surface area contributed by atoms with E-state index in [9.17, 15) is 0 Å². The number of tetrazole rings is 1. The molecule has 0 spiro atoms. The summed E-state index contributed by atoms with van der Waals surface area (Å²) in [6, 6.07) is 6.33. The quantitative estimate of drug-likeness (QED) is 0.638. The number of imidazole rings is 1. The van der Waals surface area contributed by atoms with Crippen LogP contribution in [0.3, 0.4) is 0 Å². The van der Waals surface area contributed by atoms with Crippen LogP contribution < -0.4 is 5.32 Å². The summed E-state index contributed by atoms with van der Waals surface area (Å²) in [6.45, 7) is 1.91. The first kappa shape index (κ1) is 11.5. The fraction of sp³-hybridized carbons (Fsp3) is 0.385. The van der Waals surface area contributed by atoms with Crippen LogP contribution in [0.4, 0.5) is 0 Å². The average molecular weight is 269 g/mol. The van der Waals surface area contributed by atoms with Gasteiger partial charge in [-0.1, -0.05) is 11.3 Å². The number of hydrogen-bond acceptors (Lipinski definition) is 5. The van der Waals surface area contributed by atoms with Gasteiger partial charge in [0.05, 0.1) is 22.8 Å². The first-order chi connectivity index (χ1) is 9.88. The minimum absolute atomic E-state index is 0.169. The molecule has 102 valence electrons. The van der Waals surface area contributed by atoms with Crippen molar-refractivity contribution in [3.05, 3.63) is 35.9 Å². The number of benzene rings is 1. The molecule has 0 atom stereocenters. The molecule has 20 heavy (non-hydrogen) atoms. The Morgan fingerprint density at radius 1 is 1.15 bits per heavy atom. The summed E-state index contributed by atoms with van der Waals surface area (Å²) < 4.78 is 0. The lowest BCUT2D eigenvalue weighted by molar-refractivity contribution is 0.346. The highest BCUT2D eigenvalue weighted by atomic mass is 15.5. The van der Waals surface area contributed by atoms with E-state index < -0.39 is 0 Å². The zero-order valence-corrected chi connectivity index (χ0v) is 10.9. The molecule has 1 saturated heterocycles. The molecule has 0 unspecified atom stereocenters. The Hall–Kier alpha value is -2.28. The molecule has 1 aromatic carbocycles. The lowest BCUT2D eigenvalue weighted by atomic mass is 9.72. The number of fused-ring (bicyclic) bond motifs is 1. The maximum atomic E-state index is 4.27. The number of nitrogens with one attached hydrogen (secondary N) is 3. The molecule has 3 heterocycles. The van der Waals surface area contributed by atoms with Gasteiger partial charge in [-0.15, -0.1) is 10.2 Å². The van der Waals surface area contributed by atoms with Gasteiger partial charge in [-0.3, -0.25) is 0 Å². The van der Waals surface area contributed by atoms with Gasteiger partial charge in [0, 0.05) is 0 Å². The molecule has 1 aliphatic heterocycles. The fourth-order valence-electron chi connectivity index (χ4n) is 3.09. The number of rotatable bonds is 2. The van der Waals surface area contributed by atoms with Crippen molar-refractivity contribution in [1.29, 1.82) is 0 Å². The van der Waals surface area contributed by atoms with E-state index in [1.807, 2.05) is 6.07 Å². The van der Waals surface area contributed by atoms with E-state index >= 15 is 0 Å². The lowest BCUT2D eigenvalue weighted by Crippen LogP contribution is -2.41. The summed E-state index contributed by atoms with van der Waals surface area (Å²) in [5, 5.41) is 18.2. The van der Waals surface area contributed by atoms with Crippen molar-refractivity contribution in [2.75, 3.05) is 13.1 Å². The maximum absolute atomic E-state index is 4.27. The third-order valence-electron chi connectivity index (χ3n) is 4.20. The zero-order chi connectivity index (χ0) is 13.4. The van der Waals surface area contributed by atoms with E-state index in [1.165, 1.54) is 5.56 Å². The van der Waals surface area contributed by atoms with Gasteiger partial charge in [-0.25, -0.2) is 4.98 Å². The maximum Gasteiger partial charge on any atom is 0.185 e. The van der Waals surface area contributed by atoms with Crippen LogP contribution in [0.1, 0.15) is 24.2 Å². The first-order valence-corrected chi connectivity index (χ1v) is 6.77. The number of aromatic amines is 2. The van der Waals surface area contributed by atoms with Crippen LogP contribution in [0.25, 0.3) is 11.0 Å². The molecule has 4 rings (SSSR count). The van der Waals surface area contributed by atoms with Crippen molar-refractivity contribution in [2.24, 2.45) is 0 Å². The van der Waals surface area contributed by atoms with E-state index in [0.29, 0.717) is 0 Å². The number of piperidine rings is 1. The highest BCUT2D eigenvalue weighted by Crippen LogP contribution is 2.38. The Kier molecular flexibility index (Phi) is 2.53. The molecule has 3 N–H and O–H groups in total. The number of aromatic nitrogens is 6. The van der Waals surface area contributed by atoms with Crippen LogP contribution in [0.15, 0.2) is 24.5 Å². The second-order valence-corrected chi connectivity index (χ2v) is 5.20. The van der Waals surface area contributed by atoms with Crippen LogP contribution in [0.5, 0.6) is 0 Å². The molecule has 0 bridgehead atoms. The predicted molar refractivity (Wildman–Crippen MR) is 73.2 cm³/mol. The zero-order valence-electron chi connectivity index (χ0n) is 10.9. The van der Waals surface area contributed by atoms with Crippen LogP contribution in [0, 0.1) is 0 Å². The Morgan fingerprint density at radius 2 is 2.05 bits per heavy atom. The molecule has 0 amide bonds. The van der Waals surface area contributed by atoms with E-state index in [0.717, 1.165) is 42.8 Å². The Labute approximate surface area is 115 Å². The molecular weight excluding hydrogens is 254 g/mol. The largest absolute Gasteiger partial charge is 0.345 e. The molecule has 0 saturated carbocycles. The summed E-state index contributed by atoms with van der Waals surface area (Å²) in [7, 11) is 0. The van der Waals surface area contributed by atoms with Gasteiger partial charge in [-0.05, 0) is 43.6 Å². The molecule has 7 nitrogen and oxygen atoms in total. The van der Waals surface area contributed by atoms with Gasteiger partial charge in [0.25, 0.3) is 0 Å². The van der Waals surface area contributed by atoms with E-state index in [4.69, 9.17) is 0 Å². The highest BCUT2D eigenvalue weighted by Gasteiger charge is 2.39. The van der Waals surface area contributed by atoms with E-state index in [1.54, 1.807) is 6.33 Å². The van der Waals surface area contributed by atoms with Gasteiger partial charge < -0.3 is 10.3 Å². The summed E-state index contributed by atoms with van der Waals surface area (Å²) in [5.41, 5.74) is 3.07. The van der Waals surface area contributed by atoms with Crippen LogP contribution in [-0.2, 0) is 5.41 Å². The summed E-state index contributed by atoms with van der Waals surface area (Å²) in [4.78, 5) is 7.44. The van der Waals surface area contributed by atoms with Crippen LogP contribution >= 0.6 is 0 Å². The van der Waals surface area contributed by atoms with Gasteiger partial charge in [-0.2, -0.15) is 5.21 Å². The first-order valence-electron chi connectivity index (χ1n) is 6.77. The van der Waals surface area contributed by atoms with Crippen molar-refractivity contribution in [1.82, 2.24) is 35.9 Å². The summed E-state index contributed by atoms with van der Waals surface area (Å²) in [6.07, 6.45) is 3.65. The SMILES string of the molecule is c1nc2ccc(C3(c4nn[nH]n4)CCNCC3)cc2[nH]1. The highest BCUT2D eigenvalue weighted by molar-refractivity contribution is 5.75. The predicted octanol–water partition coefficient (Wildman–Crippen LogP) is 0.745. The molecule has 3 aromatic rings. The topological polar surface area (TPSA) is 95.2 Å². The molecule has 7 heteroatoms. The van der Waals surface area contributed by atoms with Crippen molar-refractivity contribution >= 4 is 11.0 Å². The van der Waals surface area contributed by atoms with Gasteiger partial charge in [0.1, 0.15) is 0 Å². The molecule has 0 radical (unpaired) electrons. The van der Waals surface area contributed by atoms with Gasteiger partial charge >= 0.3 is 0 Å². The normalized spacial score (nSPS) is 18.4. The second kappa shape index (κ2) is 4.38. The smallest absolute Gasteiger partial charge is 0.185 e. The number of H-pyrrole nitrogens is 2. The molecule has 2 aromatic heterocycles. The summed E-state index contributed by atoms with van der Waals surface area (Å²) >= 11 is 0. The van der Waals surface area contributed by atoms with Crippen LogP contribution in [0.2, 0.25) is 0 Å². The third kappa shape index (κ3) is 1.63. The standard InChI is InChI=1S/C13H15N7/c1-2-10-11(16-8-15-10)7-9(1)13(3-5-14-6-4-13)12-17-19-20-18-12/h1-2,7-8,14H,3-6H2,(H,15,16)(H,17,18,19,20). The molecule has 0 aliphatic carbocycles.